The molecule has 1 aliphatic heterocycles. The van der Waals surface area contributed by atoms with Gasteiger partial charge >= 0.3 is 0 Å². The van der Waals surface area contributed by atoms with Crippen molar-refractivity contribution in [1.82, 2.24) is 10.6 Å². The van der Waals surface area contributed by atoms with Crippen LogP contribution in [-0.4, -0.2) is 19.0 Å². The highest BCUT2D eigenvalue weighted by Gasteiger charge is 2.20. The first-order chi connectivity index (χ1) is 11.3. The van der Waals surface area contributed by atoms with Crippen LogP contribution in [0, 0.1) is 5.92 Å². The van der Waals surface area contributed by atoms with Gasteiger partial charge in [-0.2, -0.15) is 0 Å². The zero-order valence-corrected chi connectivity index (χ0v) is 14.4. The smallest absolute Gasteiger partial charge is 0.224 e. The van der Waals surface area contributed by atoms with Gasteiger partial charge in [0.2, 0.25) is 5.91 Å². The summed E-state index contributed by atoms with van der Waals surface area (Å²) in [5, 5.41) is 6.29. The summed E-state index contributed by atoms with van der Waals surface area (Å²) in [5.74, 6) is 1.81. The normalized spacial score (nSPS) is 16.8. The molecule has 0 bridgehead atoms. The monoisotopic (exact) mass is 346 g/mol. The number of ether oxygens (including phenoxy) is 1. The number of para-hydroxylation sites is 1. The van der Waals surface area contributed by atoms with Crippen LogP contribution in [0.15, 0.2) is 54.6 Å². The Kier molecular flexibility index (Phi) is 7.09. The minimum atomic E-state index is 0. The van der Waals surface area contributed by atoms with Gasteiger partial charge in [-0.25, -0.2) is 0 Å². The van der Waals surface area contributed by atoms with E-state index in [-0.39, 0.29) is 24.2 Å². The van der Waals surface area contributed by atoms with E-state index in [0.29, 0.717) is 6.54 Å². The van der Waals surface area contributed by atoms with Crippen molar-refractivity contribution in [2.24, 2.45) is 5.92 Å². The van der Waals surface area contributed by atoms with Crippen molar-refractivity contribution in [3.05, 3.63) is 60.2 Å². The second-order valence-corrected chi connectivity index (χ2v) is 5.82. The topological polar surface area (TPSA) is 50.4 Å². The quantitative estimate of drug-likeness (QED) is 0.871. The summed E-state index contributed by atoms with van der Waals surface area (Å²) in [5.41, 5.74) is 1.04. The highest BCUT2D eigenvalue weighted by Crippen LogP contribution is 2.21. The van der Waals surface area contributed by atoms with Crippen molar-refractivity contribution in [3.63, 3.8) is 0 Å². The third-order valence-electron chi connectivity index (χ3n) is 4.01. The number of rotatable bonds is 5. The fraction of sp³-hybridized carbons (Fsp3) is 0.316. The fourth-order valence-electron chi connectivity index (χ4n) is 2.75. The summed E-state index contributed by atoms with van der Waals surface area (Å²) in [6, 6.07) is 17.5. The van der Waals surface area contributed by atoms with Crippen molar-refractivity contribution >= 4 is 18.3 Å². The van der Waals surface area contributed by atoms with E-state index in [4.69, 9.17) is 4.74 Å². The molecule has 0 aliphatic carbocycles. The van der Waals surface area contributed by atoms with Crippen LogP contribution in [0.4, 0.5) is 0 Å². The molecule has 0 spiro atoms. The third-order valence-corrected chi connectivity index (χ3v) is 4.01. The minimum absolute atomic E-state index is 0. The summed E-state index contributed by atoms with van der Waals surface area (Å²) in [7, 11) is 0. The number of piperidine rings is 1. The van der Waals surface area contributed by atoms with Crippen LogP contribution in [0.1, 0.15) is 18.4 Å². The Hall–Kier alpha value is -2.04. The van der Waals surface area contributed by atoms with E-state index in [1.165, 1.54) is 0 Å². The molecule has 128 valence electrons. The van der Waals surface area contributed by atoms with E-state index in [0.717, 1.165) is 43.0 Å². The standard InChI is InChI=1S/C19H22N2O2.ClH/c22-19(16-7-5-11-20-14-16)21-13-15-6-4-10-18(12-15)23-17-8-2-1-3-9-17;/h1-4,6,8-10,12,16,20H,5,7,11,13-14H2,(H,21,22);1H. The predicted molar refractivity (Wildman–Crippen MR) is 97.6 cm³/mol. The lowest BCUT2D eigenvalue weighted by Crippen LogP contribution is -2.40. The molecule has 1 atom stereocenters. The van der Waals surface area contributed by atoms with Crippen LogP contribution in [0.5, 0.6) is 11.5 Å². The van der Waals surface area contributed by atoms with Crippen molar-refractivity contribution in [3.8, 4) is 11.5 Å². The van der Waals surface area contributed by atoms with Gasteiger partial charge in [0.1, 0.15) is 11.5 Å². The molecule has 1 aliphatic rings. The minimum Gasteiger partial charge on any atom is -0.457 e. The van der Waals surface area contributed by atoms with Crippen molar-refractivity contribution in [2.45, 2.75) is 19.4 Å². The van der Waals surface area contributed by atoms with Crippen LogP contribution in [0.25, 0.3) is 0 Å². The second kappa shape index (κ2) is 9.30. The Morgan fingerprint density at radius 3 is 2.67 bits per heavy atom. The van der Waals surface area contributed by atoms with E-state index in [9.17, 15) is 4.79 Å². The van der Waals surface area contributed by atoms with E-state index < -0.39 is 0 Å². The second-order valence-electron chi connectivity index (χ2n) is 5.82. The van der Waals surface area contributed by atoms with Gasteiger partial charge in [-0.05, 0) is 49.2 Å². The maximum Gasteiger partial charge on any atom is 0.224 e. The maximum atomic E-state index is 12.2. The van der Waals surface area contributed by atoms with Crippen LogP contribution in [0.2, 0.25) is 0 Å². The molecule has 5 heteroatoms. The zero-order valence-electron chi connectivity index (χ0n) is 13.5. The molecule has 1 fully saturated rings. The Morgan fingerprint density at radius 2 is 1.92 bits per heavy atom. The van der Waals surface area contributed by atoms with Gasteiger partial charge in [0.15, 0.2) is 0 Å². The van der Waals surface area contributed by atoms with Gasteiger partial charge in [0, 0.05) is 13.1 Å². The van der Waals surface area contributed by atoms with E-state index in [2.05, 4.69) is 10.6 Å². The van der Waals surface area contributed by atoms with E-state index in [1.807, 2.05) is 54.6 Å². The van der Waals surface area contributed by atoms with E-state index in [1.54, 1.807) is 0 Å². The molecule has 2 aromatic carbocycles. The number of halogens is 1. The van der Waals surface area contributed by atoms with Gasteiger partial charge in [0.05, 0.1) is 5.92 Å². The first-order valence-electron chi connectivity index (χ1n) is 8.11. The van der Waals surface area contributed by atoms with Gasteiger partial charge < -0.3 is 15.4 Å². The fourth-order valence-corrected chi connectivity index (χ4v) is 2.75. The average Bonchev–Trinajstić information content (AvgIpc) is 2.62. The largest absolute Gasteiger partial charge is 0.457 e. The molecule has 0 saturated carbocycles. The highest BCUT2D eigenvalue weighted by atomic mass is 35.5. The number of benzene rings is 2. The van der Waals surface area contributed by atoms with E-state index >= 15 is 0 Å². The van der Waals surface area contributed by atoms with Crippen molar-refractivity contribution < 1.29 is 9.53 Å². The van der Waals surface area contributed by atoms with Gasteiger partial charge in [0.25, 0.3) is 0 Å². The number of carbonyl (C=O) groups excluding carboxylic acids is 1. The lowest BCUT2D eigenvalue weighted by atomic mass is 9.99. The van der Waals surface area contributed by atoms with Gasteiger partial charge in [-0.3, -0.25) is 4.79 Å². The number of nitrogens with one attached hydrogen (secondary N) is 2. The molecule has 2 N–H and O–H groups in total. The third kappa shape index (κ3) is 5.25. The SMILES string of the molecule is Cl.O=C(NCc1cccc(Oc2ccccc2)c1)C1CCCNC1. The summed E-state index contributed by atoms with van der Waals surface area (Å²) in [6.45, 7) is 2.33. The number of hydrogen-bond acceptors (Lipinski definition) is 3. The zero-order chi connectivity index (χ0) is 15.9. The molecule has 2 aromatic rings. The molecular weight excluding hydrogens is 324 g/mol. The lowest BCUT2D eigenvalue weighted by Gasteiger charge is -2.21. The maximum absolute atomic E-state index is 12.2. The number of carbonyl (C=O) groups is 1. The van der Waals surface area contributed by atoms with Crippen molar-refractivity contribution in [2.75, 3.05) is 13.1 Å². The molecule has 0 radical (unpaired) electrons. The Bertz CT molecular complexity index is 643. The summed E-state index contributed by atoms with van der Waals surface area (Å²) in [6.07, 6.45) is 2.04. The molecule has 3 rings (SSSR count). The molecule has 1 saturated heterocycles. The van der Waals surface area contributed by atoms with Crippen LogP contribution < -0.4 is 15.4 Å². The average molecular weight is 347 g/mol. The molecular formula is C19H23ClN2O2. The molecule has 1 unspecified atom stereocenters. The summed E-state index contributed by atoms with van der Waals surface area (Å²) < 4.78 is 5.82. The van der Waals surface area contributed by atoms with Crippen LogP contribution >= 0.6 is 12.4 Å². The summed E-state index contributed by atoms with van der Waals surface area (Å²) >= 11 is 0. The van der Waals surface area contributed by atoms with Crippen LogP contribution in [-0.2, 0) is 11.3 Å². The highest BCUT2D eigenvalue weighted by molar-refractivity contribution is 5.85. The first kappa shape index (κ1) is 18.3. The molecule has 0 aromatic heterocycles. The summed E-state index contributed by atoms with van der Waals surface area (Å²) in [4.78, 5) is 12.2. The predicted octanol–water partition coefficient (Wildman–Crippen LogP) is 3.52. The Balaban J connectivity index is 0.00000208. The first-order valence-corrected chi connectivity index (χ1v) is 8.11. The Morgan fingerprint density at radius 1 is 1.12 bits per heavy atom. The Labute approximate surface area is 149 Å². The van der Waals surface area contributed by atoms with Crippen LogP contribution in [0.3, 0.4) is 0 Å². The molecule has 4 nitrogen and oxygen atoms in total. The van der Waals surface area contributed by atoms with Crippen molar-refractivity contribution in [1.29, 1.82) is 0 Å². The van der Waals surface area contributed by atoms with Gasteiger partial charge in [-0.15, -0.1) is 12.4 Å². The number of hydrogen-bond donors (Lipinski definition) is 2. The van der Waals surface area contributed by atoms with Gasteiger partial charge in [-0.1, -0.05) is 30.3 Å². The lowest BCUT2D eigenvalue weighted by molar-refractivity contribution is -0.125. The number of amides is 1. The molecule has 1 amide bonds. The molecule has 1 heterocycles. The molecule has 24 heavy (non-hydrogen) atoms.